The van der Waals surface area contributed by atoms with Gasteiger partial charge in [0.25, 0.3) is 0 Å². The van der Waals surface area contributed by atoms with Crippen molar-refractivity contribution in [2.75, 3.05) is 0 Å². The molecular weight excluding hydrogens is 320 g/mol. The van der Waals surface area contributed by atoms with Gasteiger partial charge in [-0.3, -0.25) is 9.59 Å². The van der Waals surface area contributed by atoms with Crippen LogP contribution in [0.3, 0.4) is 0 Å². The van der Waals surface area contributed by atoms with Crippen molar-refractivity contribution in [3.8, 4) is 0 Å². The van der Waals surface area contributed by atoms with Crippen LogP contribution in [-0.4, -0.2) is 45.2 Å². The molecule has 0 aliphatic heterocycles. The Morgan fingerprint density at radius 1 is 1.00 bits per heavy atom. The van der Waals surface area contributed by atoms with Crippen LogP contribution in [0.4, 0.5) is 0 Å². The summed E-state index contributed by atoms with van der Waals surface area (Å²) in [6.07, 6.45) is 1.51. The summed E-state index contributed by atoms with van der Waals surface area (Å²) in [4.78, 5) is 25.9. The summed E-state index contributed by atoms with van der Waals surface area (Å²) >= 11 is 0. The monoisotopic (exact) mass is 348 g/mol. The largest absolute Gasteiger partial charge is 0.392 e. The summed E-state index contributed by atoms with van der Waals surface area (Å²) in [7, 11) is 0. The lowest BCUT2D eigenvalue weighted by atomic mass is 9.51. The zero-order valence-corrected chi connectivity index (χ0v) is 15.5. The number of aliphatic hydroxyl groups is 3. The van der Waals surface area contributed by atoms with E-state index in [0.29, 0.717) is 12.8 Å². The Bertz CT molecular complexity index is 703. The maximum absolute atomic E-state index is 13.4. The molecule has 0 radical (unpaired) electrons. The third kappa shape index (κ3) is 2.19. The van der Waals surface area contributed by atoms with Crippen LogP contribution in [0.25, 0.3) is 0 Å². The van der Waals surface area contributed by atoms with E-state index in [1.807, 2.05) is 19.9 Å². The molecule has 0 aromatic rings. The zero-order chi connectivity index (χ0) is 18.9. The van der Waals surface area contributed by atoms with E-state index in [9.17, 15) is 24.9 Å². The summed E-state index contributed by atoms with van der Waals surface area (Å²) in [5.74, 6) is -1.35. The molecule has 3 N–H and O–H groups in total. The summed E-state index contributed by atoms with van der Waals surface area (Å²) in [5.41, 5.74) is -2.31. The van der Waals surface area contributed by atoms with Crippen LogP contribution in [0.5, 0.6) is 0 Å². The van der Waals surface area contributed by atoms with Crippen LogP contribution < -0.4 is 0 Å². The molecule has 0 unspecified atom stereocenters. The molecule has 3 aliphatic carbocycles. The molecule has 0 bridgehead atoms. The molecule has 25 heavy (non-hydrogen) atoms. The fraction of sp³-hybridized carbons (Fsp3) is 0.700. The van der Waals surface area contributed by atoms with Gasteiger partial charge in [-0.15, -0.1) is 0 Å². The first kappa shape index (κ1) is 18.5. The molecule has 0 aromatic carbocycles. The van der Waals surface area contributed by atoms with Crippen LogP contribution >= 0.6 is 0 Å². The van der Waals surface area contributed by atoms with Crippen LogP contribution in [-0.2, 0) is 9.59 Å². The van der Waals surface area contributed by atoms with Crippen molar-refractivity contribution in [3.05, 3.63) is 23.3 Å². The standard InChI is InChI=1S/C20H28O5/c1-10-14(22)12-13(15(10)23)17(25)20(5)9-8-18(2,3)11(21)6-7-19(20,4)16(12)24/h8-11,15-16,21,23-24H,6-7H2,1-5H3/b9-8+/t10-,11+,15+,16+,19-,20-/m1/s1. The molecule has 5 heteroatoms. The molecule has 0 amide bonds. The van der Waals surface area contributed by atoms with E-state index in [-0.39, 0.29) is 22.7 Å². The van der Waals surface area contributed by atoms with Crippen molar-refractivity contribution in [2.24, 2.45) is 22.2 Å². The normalized spacial score (nSPS) is 47.8. The number of aliphatic hydroxyl groups excluding tert-OH is 3. The van der Waals surface area contributed by atoms with Crippen molar-refractivity contribution in [2.45, 2.75) is 65.8 Å². The molecule has 0 heterocycles. The predicted octanol–water partition coefficient (Wildman–Crippen LogP) is 1.56. The summed E-state index contributed by atoms with van der Waals surface area (Å²) in [6.45, 7) is 8.97. The number of Topliss-reactive ketones (excluding diaryl/α,β-unsaturated/α-hetero) is 2. The highest BCUT2D eigenvalue weighted by atomic mass is 16.3. The van der Waals surface area contributed by atoms with E-state index < -0.39 is 40.5 Å². The Labute approximate surface area is 148 Å². The minimum atomic E-state index is -1.16. The number of hydrogen-bond acceptors (Lipinski definition) is 5. The Hall–Kier alpha value is -1.30. The maximum atomic E-state index is 13.4. The van der Waals surface area contributed by atoms with Crippen molar-refractivity contribution >= 4 is 11.6 Å². The van der Waals surface area contributed by atoms with Crippen molar-refractivity contribution in [1.82, 2.24) is 0 Å². The van der Waals surface area contributed by atoms with Gasteiger partial charge in [0.05, 0.1) is 23.7 Å². The van der Waals surface area contributed by atoms with E-state index in [2.05, 4.69) is 0 Å². The number of carbonyl (C=O) groups excluding carboxylic acids is 2. The molecule has 0 saturated heterocycles. The summed E-state index contributed by atoms with van der Waals surface area (Å²) in [5, 5.41) is 32.0. The van der Waals surface area contributed by atoms with Crippen LogP contribution in [0.2, 0.25) is 0 Å². The first-order chi connectivity index (χ1) is 11.4. The van der Waals surface area contributed by atoms with Crippen LogP contribution in [0.15, 0.2) is 23.3 Å². The van der Waals surface area contributed by atoms with Crippen molar-refractivity contribution < 1.29 is 24.9 Å². The number of carbonyl (C=O) groups is 2. The smallest absolute Gasteiger partial charge is 0.172 e. The first-order valence-corrected chi connectivity index (χ1v) is 8.96. The predicted molar refractivity (Wildman–Crippen MR) is 92.6 cm³/mol. The topological polar surface area (TPSA) is 94.8 Å². The molecule has 0 saturated carbocycles. The molecule has 6 atom stereocenters. The lowest BCUT2D eigenvalue weighted by Gasteiger charge is -2.52. The molecule has 3 aliphatic rings. The molecule has 0 spiro atoms. The highest BCUT2D eigenvalue weighted by molar-refractivity contribution is 6.16. The van der Waals surface area contributed by atoms with Gasteiger partial charge in [-0.2, -0.15) is 0 Å². The van der Waals surface area contributed by atoms with Crippen LogP contribution in [0, 0.1) is 22.2 Å². The number of allylic oxidation sites excluding steroid dienone is 1. The first-order valence-electron chi connectivity index (χ1n) is 8.96. The van der Waals surface area contributed by atoms with Crippen molar-refractivity contribution in [1.29, 1.82) is 0 Å². The van der Waals surface area contributed by atoms with Gasteiger partial charge in [0.2, 0.25) is 0 Å². The Kier molecular flexibility index (Phi) is 3.96. The Balaban J connectivity index is 2.23. The van der Waals surface area contributed by atoms with E-state index >= 15 is 0 Å². The average Bonchev–Trinajstić information content (AvgIpc) is 2.78. The number of rotatable bonds is 0. The molecular formula is C20H28O5. The maximum Gasteiger partial charge on any atom is 0.172 e. The summed E-state index contributed by atoms with van der Waals surface area (Å²) < 4.78 is 0. The third-order valence-corrected chi connectivity index (χ3v) is 7.16. The molecule has 0 aromatic heterocycles. The van der Waals surface area contributed by atoms with Gasteiger partial charge in [-0.05, 0) is 19.8 Å². The second-order valence-corrected chi connectivity index (χ2v) is 8.99. The SMILES string of the molecule is C[C@@H]1C(=O)C2=C(C(=O)[C@@]3(C)/C=C/C(C)(C)[C@@H](O)CC[C@]3(C)[C@H]2O)[C@H]1O. The average molecular weight is 348 g/mol. The molecule has 5 nitrogen and oxygen atoms in total. The minimum absolute atomic E-state index is 0.0766. The minimum Gasteiger partial charge on any atom is -0.392 e. The highest BCUT2D eigenvalue weighted by Gasteiger charge is 2.63. The fourth-order valence-corrected chi connectivity index (χ4v) is 4.57. The van der Waals surface area contributed by atoms with Gasteiger partial charge in [0, 0.05) is 27.9 Å². The lowest BCUT2D eigenvalue weighted by molar-refractivity contribution is -0.139. The van der Waals surface area contributed by atoms with E-state index in [4.69, 9.17) is 0 Å². The van der Waals surface area contributed by atoms with E-state index in [0.717, 1.165) is 0 Å². The van der Waals surface area contributed by atoms with Gasteiger partial charge < -0.3 is 15.3 Å². The second kappa shape index (κ2) is 5.35. The molecule has 3 rings (SSSR count). The summed E-state index contributed by atoms with van der Waals surface area (Å²) in [6, 6.07) is 0. The van der Waals surface area contributed by atoms with Gasteiger partial charge in [-0.1, -0.05) is 39.8 Å². The second-order valence-electron chi connectivity index (χ2n) is 8.99. The molecule has 138 valence electrons. The van der Waals surface area contributed by atoms with Gasteiger partial charge in [0.1, 0.15) is 0 Å². The van der Waals surface area contributed by atoms with Crippen LogP contribution in [0.1, 0.15) is 47.5 Å². The Morgan fingerprint density at radius 3 is 2.20 bits per heavy atom. The number of hydrogen-bond donors (Lipinski definition) is 3. The van der Waals surface area contributed by atoms with E-state index in [1.54, 1.807) is 26.8 Å². The number of fused-ring (bicyclic) bond motifs is 1. The molecule has 0 fully saturated rings. The quantitative estimate of drug-likeness (QED) is 0.578. The van der Waals surface area contributed by atoms with Crippen molar-refractivity contribution in [3.63, 3.8) is 0 Å². The zero-order valence-electron chi connectivity index (χ0n) is 15.5. The highest BCUT2D eigenvalue weighted by Crippen LogP contribution is 2.58. The van der Waals surface area contributed by atoms with Gasteiger partial charge in [-0.25, -0.2) is 0 Å². The lowest BCUT2D eigenvalue weighted by Crippen LogP contribution is -2.56. The van der Waals surface area contributed by atoms with Gasteiger partial charge >= 0.3 is 0 Å². The number of ketones is 2. The van der Waals surface area contributed by atoms with E-state index in [1.165, 1.54) is 0 Å². The van der Waals surface area contributed by atoms with Gasteiger partial charge in [0.15, 0.2) is 11.6 Å². The third-order valence-electron chi connectivity index (χ3n) is 7.16. The fourth-order valence-electron chi connectivity index (χ4n) is 4.57. The Morgan fingerprint density at radius 2 is 1.60 bits per heavy atom.